The largest absolute Gasteiger partial charge is 0.480 e. The Morgan fingerprint density at radius 1 is 1.90 bits per heavy atom. The molecule has 0 fully saturated rings. The van der Waals surface area contributed by atoms with E-state index in [4.69, 9.17) is 10.8 Å². The van der Waals surface area contributed by atoms with E-state index in [9.17, 15) is 4.79 Å². The van der Waals surface area contributed by atoms with Crippen LogP contribution in [0.3, 0.4) is 0 Å². The summed E-state index contributed by atoms with van der Waals surface area (Å²) in [5.41, 5.74) is 5.23. The second kappa shape index (κ2) is 2.38. The minimum Gasteiger partial charge on any atom is -0.480 e. The first-order chi connectivity index (χ1) is 4.68. The fourth-order valence-electron chi connectivity index (χ4n) is 0.620. The van der Waals surface area contributed by atoms with Gasteiger partial charge in [0.25, 0.3) is 0 Å². The lowest BCUT2D eigenvalue weighted by atomic mass is 10.6. The number of nitrogen functional groups attached to an aromatic ring is 1. The molecule has 0 bridgehead atoms. The normalized spacial score (nSPS) is 9.60. The number of carboxylic acid groups (broad SMARTS) is 1. The molecular formula is C5H7N3O2. The van der Waals surface area contributed by atoms with Gasteiger partial charge in [-0.25, -0.2) is 4.98 Å². The van der Waals surface area contributed by atoms with Gasteiger partial charge in [0, 0.05) is 6.20 Å². The van der Waals surface area contributed by atoms with Gasteiger partial charge >= 0.3 is 5.97 Å². The summed E-state index contributed by atoms with van der Waals surface area (Å²) in [6, 6.07) is 0. The fourth-order valence-corrected chi connectivity index (χ4v) is 0.620. The summed E-state index contributed by atoms with van der Waals surface area (Å²) >= 11 is 0. The standard InChI is InChI=1S/C5H7N3O2/c6-4-1-8(3-7-4)2-5(9)10/h1,3H,2,6H2,(H,9,10). The second-order valence-electron chi connectivity index (χ2n) is 1.86. The Bertz CT molecular complexity index is 243. The molecule has 1 heterocycles. The summed E-state index contributed by atoms with van der Waals surface area (Å²) in [7, 11) is 0. The number of aromatic nitrogens is 2. The first-order valence-corrected chi connectivity index (χ1v) is 2.67. The van der Waals surface area contributed by atoms with Crippen LogP contribution in [0.25, 0.3) is 0 Å². The number of hydrogen-bond acceptors (Lipinski definition) is 3. The predicted molar refractivity (Wildman–Crippen MR) is 34.3 cm³/mol. The van der Waals surface area contributed by atoms with Crippen molar-refractivity contribution in [1.29, 1.82) is 0 Å². The molecular weight excluding hydrogens is 134 g/mol. The topological polar surface area (TPSA) is 81.1 Å². The Morgan fingerprint density at radius 3 is 3.00 bits per heavy atom. The number of nitrogens with zero attached hydrogens (tertiary/aromatic N) is 2. The Labute approximate surface area is 57.1 Å². The van der Waals surface area contributed by atoms with Gasteiger partial charge in [-0.2, -0.15) is 0 Å². The number of nitrogens with two attached hydrogens (primary N) is 1. The van der Waals surface area contributed by atoms with Crippen LogP contribution in [0.1, 0.15) is 0 Å². The van der Waals surface area contributed by atoms with Crippen LogP contribution in [-0.4, -0.2) is 20.6 Å². The molecule has 0 saturated carbocycles. The van der Waals surface area contributed by atoms with Gasteiger partial charge in [0.05, 0.1) is 6.33 Å². The van der Waals surface area contributed by atoms with E-state index in [1.807, 2.05) is 0 Å². The number of anilines is 1. The molecule has 1 aromatic heterocycles. The number of hydrogen-bond donors (Lipinski definition) is 2. The molecule has 1 rings (SSSR count). The van der Waals surface area contributed by atoms with E-state index in [1.54, 1.807) is 0 Å². The lowest BCUT2D eigenvalue weighted by Gasteiger charge is -1.92. The molecule has 0 atom stereocenters. The highest BCUT2D eigenvalue weighted by atomic mass is 16.4. The Hall–Kier alpha value is -1.52. The molecule has 0 unspecified atom stereocenters. The molecule has 0 radical (unpaired) electrons. The summed E-state index contributed by atoms with van der Waals surface area (Å²) in [6.07, 6.45) is 2.84. The summed E-state index contributed by atoms with van der Waals surface area (Å²) in [5.74, 6) is -0.571. The van der Waals surface area contributed by atoms with Crippen molar-refractivity contribution in [3.05, 3.63) is 12.5 Å². The average molecular weight is 141 g/mol. The van der Waals surface area contributed by atoms with E-state index in [0.717, 1.165) is 0 Å². The highest BCUT2D eigenvalue weighted by molar-refractivity contribution is 5.66. The van der Waals surface area contributed by atoms with Crippen molar-refractivity contribution < 1.29 is 9.90 Å². The number of carboxylic acids is 1. The SMILES string of the molecule is Nc1cn(CC(=O)O)cn1. The predicted octanol–water partition coefficient (Wildman–Crippen LogP) is -0.450. The average Bonchev–Trinajstić information content (AvgIpc) is 2.13. The lowest BCUT2D eigenvalue weighted by Crippen LogP contribution is -2.06. The molecule has 1 aromatic rings. The van der Waals surface area contributed by atoms with Gasteiger partial charge < -0.3 is 15.4 Å². The van der Waals surface area contributed by atoms with E-state index in [0.29, 0.717) is 5.82 Å². The molecule has 0 amide bonds. The van der Waals surface area contributed by atoms with Crippen molar-refractivity contribution in [2.24, 2.45) is 0 Å². The highest BCUT2D eigenvalue weighted by Crippen LogP contribution is 1.94. The van der Waals surface area contributed by atoms with E-state index in [1.165, 1.54) is 17.1 Å². The van der Waals surface area contributed by atoms with Crippen LogP contribution in [0, 0.1) is 0 Å². The second-order valence-corrected chi connectivity index (χ2v) is 1.86. The number of aliphatic carboxylic acids is 1. The van der Waals surface area contributed by atoms with Crippen LogP contribution in [0.4, 0.5) is 5.82 Å². The zero-order valence-corrected chi connectivity index (χ0v) is 5.19. The van der Waals surface area contributed by atoms with Crippen LogP contribution in [0.2, 0.25) is 0 Å². The Morgan fingerprint density at radius 2 is 2.60 bits per heavy atom. The summed E-state index contributed by atoms with van der Waals surface area (Å²) in [5, 5.41) is 8.29. The number of imidazole rings is 1. The summed E-state index contributed by atoms with van der Waals surface area (Å²) in [6.45, 7) is -0.0931. The highest BCUT2D eigenvalue weighted by Gasteiger charge is 1.98. The first kappa shape index (κ1) is 6.60. The molecule has 5 heteroatoms. The third kappa shape index (κ3) is 1.48. The van der Waals surface area contributed by atoms with Crippen molar-refractivity contribution in [1.82, 2.24) is 9.55 Å². The zero-order chi connectivity index (χ0) is 7.56. The van der Waals surface area contributed by atoms with Crippen molar-refractivity contribution in [3.63, 3.8) is 0 Å². The van der Waals surface area contributed by atoms with Crippen molar-refractivity contribution in [2.45, 2.75) is 6.54 Å². The monoisotopic (exact) mass is 141 g/mol. The van der Waals surface area contributed by atoms with Crippen molar-refractivity contribution in [3.8, 4) is 0 Å². The maximum Gasteiger partial charge on any atom is 0.323 e. The molecule has 0 spiro atoms. The maximum atomic E-state index is 10.1. The maximum absolute atomic E-state index is 10.1. The third-order valence-corrected chi connectivity index (χ3v) is 0.971. The lowest BCUT2D eigenvalue weighted by molar-refractivity contribution is -0.137. The minimum absolute atomic E-state index is 0.0931. The van der Waals surface area contributed by atoms with E-state index in [2.05, 4.69) is 4.98 Å². The van der Waals surface area contributed by atoms with Gasteiger partial charge in [-0.3, -0.25) is 4.79 Å². The Kier molecular flexibility index (Phi) is 1.57. The molecule has 54 valence electrons. The van der Waals surface area contributed by atoms with Gasteiger partial charge in [0.2, 0.25) is 0 Å². The molecule has 0 aliphatic rings. The van der Waals surface area contributed by atoms with Crippen LogP contribution in [-0.2, 0) is 11.3 Å². The summed E-state index contributed by atoms with van der Waals surface area (Å²) in [4.78, 5) is 13.7. The van der Waals surface area contributed by atoms with Gasteiger partial charge in [0.1, 0.15) is 12.4 Å². The smallest absolute Gasteiger partial charge is 0.323 e. The number of rotatable bonds is 2. The third-order valence-electron chi connectivity index (χ3n) is 0.971. The van der Waals surface area contributed by atoms with Gasteiger partial charge in [-0.15, -0.1) is 0 Å². The van der Waals surface area contributed by atoms with Crippen molar-refractivity contribution in [2.75, 3.05) is 5.73 Å². The van der Waals surface area contributed by atoms with E-state index < -0.39 is 5.97 Å². The first-order valence-electron chi connectivity index (χ1n) is 2.67. The van der Waals surface area contributed by atoms with Gasteiger partial charge in [0.15, 0.2) is 0 Å². The molecule has 0 saturated heterocycles. The molecule has 0 aliphatic carbocycles. The van der Waals surface area contributed by atoms with E-state index >= 15 is 0 Å². The molecule has 3 N–H and O–H groups in total. The molecule has 5 nitrogen and oxygen atoms in total. The minimum atomic E-state index is -0.905. The summed E-state index contributed by atoms with van der Waals surface area (Å²) < 4.78 is 1.40. The number of carbonyl (C=O) groups is 1. The van der Waals surface area contributed by atoms with Gasteiger partial charge in [-0.1, -0.05) is 0 Å². The zero-order valence-electron chi connectivity index (χ0n) is 5.19. The molecule has 0 aromatic carbocycles. The van der Waals surface area contributed by atoms with Crippen LogP contribution >= 0.6 is 0 Å². The molecule has 10 heavy (non-hydrogen) atoms. The van der Waals surface area contributed by atoms with Gasteiger partial charge in [-0.05, 0) is 0 Å². The fraction of sp³-hybridized carbons (Fsp3) is 0.200. The van der Waals surface area contributed by atoms with E-state index in [-0.39, 0.29) is 6.54 Å². The van der Waals surface area contributed by atoms with Crippen LogP contribution in [0.5, 0.6) is 0 Å². The van der Waals surface area contributed by atoms with Crippen molar-refractivity contribution >= 4 is 11.8 Å². The van der Waals surface area contributed by atoms with Crippen LogP contribution in [0.15, 0.2) is 12.5 Å². The molecule has 0 aliphatic heterocycles. The quantitative estimate of drug-likeness (QED) is 0.584. The Balaban J connectivity index is 2.67. The van der Waals surface area contributed by atoms with Crippen LogP contribution < -0.4 is 5.73 Å².